The highest BCUT2D eigenvalue weighted by Gasteiger charge is 2.37. The molecule has 7 nitrogen and oxygen atoms in total. The third-order valence-corrected chi connectivity index (χ3v) is 7.21. The monoisotopic (exact) mass is 440 g/mol. The van der Waals surface area contributed by atoms with Gasteiger partial charge in [-0.15, -0.1) is 0 Å². The molecule has 0 spiro atoms. The van der Waals surface area contributed by atoms with E-state index < -0.39 is 0 Å². The molecule has 3 fully saturated rings. The molecule has 4 rings (SSSR count). The van der Waals surface area contributed by atoms with Gasteiger partial charge in [0.05, 0.1) is 6.04 Å². The fourth-order valence-corrected chi connectivity index (χ4v) is 5.44. The summed E-state index contributed by atoms with van der Waals surface area (Å²) in [7, 11) is 0. The number of carbonyl (C=O) groups excluding carboxylic acids is 3. The van der Waals surface area contributed by atoms with Crippen LogP contribution in [0.4, 0.5) is 0 Å². The number of piperazine rings is 1. The first-order chi connectivity index (χ1) is 15.6. The number of hydrogen-bond donors (Lipinski definition) is 1. The van der Waals surface area contributed by atoms with Crippen LogP contribution in [-0.2, 0) is 9.59 Å². The predicted molar refractivity (Wildman–Crippen MR) is 123 cm³/mol. The smallest absolute Gasteiger partial charge is 0.253 e. The van der Waals surface area contributed by atoms with Crippen LogP contribution in [0.5, 0.6) is 0 Å². The zero-order chi connectivity index (χ0) is 22.3. The van der Waals surface area contributed by atoms with E-state index in [1.165, 1.54) is 12.8 Å². The van der Waals surface area contributed by atoms with Crippen molar-refractivity contribution in [3.05, 3.63) is 35.9 Å². The molecule has 1 unspecified atom stereocenters. The molecule has 32 heavy (non-hydrogen) atoms. The minimum atomic E-state index is -0.111. The molecule has 0 bridgehead atoms. The van der Waals surface area contributed by atoms with Crippen LogP contribution >= 0.6 is 0 Å². The topological polar surface area (TPSA) is 73.0 Å². The first-order valence-electron chi connectivity index (χ1n) is 12.3. The second kappa shape index (κ2) is 10.9. The third-order valence-electron chi connectivity index (χ3n) is 7.21. The zero-order valence-corrected chi connectivity index (χ0v) is 19.0. The molecule has 174 valence electrons. The lowest BCUT2D eigenvalue weighted by molar-refractivity contribution is -0.129. The molecule has 1 N–H and O–H groups in total. The standard InChI is InChI=1S/C25H36N4O3/c30-22-12-6-14-27(22)15-7-13-26-24(31)23(20-8-4-5-9-20)28-16-18-29(19-17-28)25(32)21-10-2-1-3-11-21/h1-3,10-11,20,23H,4-9,12-19H2,(H,26,31). The Bertz CT molecular complexity index is 786. The van der Waals surface area contributed by atoms with E-state index >= 15 is 0 Å². The highest BCUT2D eigenvalue weighted by Crippen LogP contribution is 2.31. The van der Waals surface area contributed by atoms with Gasteiger partial charge in [-0.3, -0.25) is 19.3 Å². The van der Waals surface area contributed by atoms with E-state index in [9.17, 15) is 14.4 Å². The molecule has 1 saturated carbocycles. The molecule has 3 amide bonds. The Morgan fingerprint density at radius 3 is 2.34 bits per heavy atom. The van der Waals surface area contributed by atoms with E-state index in [-0.39, 0.29) is 23.8 Å². The minimum absolute atomic E-state index is 0.0728. The highest BCUT2D eigenvalue weighted by molar-refractivity contribution is 5.94. The van der Waals surface area contributed by atoms with Gasteiger partial charge in [0.15, 0.2) is 0 Å². The molecule has 0 radical (unpaired) electrons. The number of benzene rings is 1. The zero-order valence-electron chi connectivity index (χ0n) is 19.0. The van der Waals surface area contributed by atoms with Crippen LogP contribution in [0.1, 0.15) is 55.3 Å². The van der Waals surface area contributed by atoms with Crippen molar-refractivity contribution in [2.45, 2.75) is 51.0 Å². The van der Waals surface area contributed by atoms with Crippen LogP contribution < -0.4 is 5.32 Å². The van der Waals surface area contributed by atoms with Gasteiger partial charge < -0.3 is 15.1 Å². The van der Waals surface area contributed by atoms with Gasteiger partial charge in [0.1, 0.15) is 0 Å². The molecule has 2 saturated heterocycles. The summed E-state index contributed by atoms with van der Waals surface area (Å²) in [6.45, 7) is 4.96. The largest absolute Gasteiger partial charge is 0.355 e. The summed E-state index contributed by atoms with van der Waals surface area (Å²) in [6.07, 6.45) is 7.00. The van der Waals surface area contributed by atoms with Crippen molar-refractivity contribution in [3.8, 4) is 0 Å². The lowest BCUT2D eigenvalue weighted by Crippen LogP contribution is -2.58. The van der Waals surface area contributed by atoms with Gasteiger partial charge in [0.2, 0.25) is 11.8 Å². The number of nitrogens with zero attached hydrogens (tertiary/aromatic N) is 3. The van der Waals surface area contributed by atoms with Gasteiger partial charge in [0.25, 0.3) is 5.91 Å². The molecule has 7 heteroatoms. The van der Waals surface area contributed by atoms with Gasteiger partial charge in [0, 0.05) is 57.8 Å². The van der Waals surface area contributed by atoms with E-state index in [0.29, 0.717) is 32.0 Å². The molecule has 3 aliphatic rings. The van der Waals surface area contributed by atoms with Crippen LogP contribution in [0.15, 0.2) is 30.3 Å². The molecule has 1 atom stereocenters. The second-order valence-corrected chi connectivity index (χ2v) is 9.31. The van der Waals surface area contributed by atoms with E-state index in [2.05, 4.69) is 10.2 Å². The summed E-state index contributed by atoms with van der Waals surface area (Å²) in [4.78, 5) is 43.9. The van der Waals surface area contributed by atoms with E-state index in [4.69, 9.17) is 0 Å². The van der Waals surface area contributed by atoms with Crippen molar-refractivity contribution >= 4 is 17.7 Å². The average Bonchev–Trinajstić information content (AvgIpc) is 3.50. The molecule has 2 heterocycles. The Morgan fingerprint density at radius 1 is 0.969 bits per heavy atom. The maximum Gasteiger partial charge on any atom is 0.253 e. The Morgan fingerprint density at radius 2 is 1.69 bits per heavy atom. The van der Waals surface area contributed by atoms with Crippen molar-refractivity contribution in [2.24, 2.45) is 5.92 Å². The molecule has 0 aromatic heterocycles. The first-order valence-corrected chi connectivity index (χ1v) is 12.3. The Kier molecular flexibility index (Phi) is 7.79. The second-order valence-electron chi connectivity index (χ2n) is 9.31. The first kappa shape index (κ1) is 22.8. The lowest BCUT2D eigenvalue weighted by atomic mass is 9.95. The lowest BCUT2D eigenvalue weighted by Gasteiger charge is -2.40. The molecular formula is C25H36N4O3. The maximum atomic E-state index is 13.2. The number of likely N-dealkylation sites (tertiary alicyclic amines) is 1. The van der Waals surface area contributed by atoms with Crippen LogP contribution in [0.2, 0.25) is 0 Å². The minimum Gasteiger partial charge on any atom is -0.355 e. The van der Waals surface area contributed by atoms with Crippen LogP contribution in [-0.4, -0.2) is 84.3 Å². The van der Waals surface area contributed by atoms with Crippen molar-refractivity contribution in [2.75, 3.05) is 45.8 Å². The SMILES string of the molecule is O=C(NCCCN1CCCC1=O)C(C1CCCC1)N1CCN(C(=O)c2ccccc2)CC1. The normalized spacial score (nSPS) is 21.2. The van der Waals surface area contributed by atoms with Crippen LogP contribution in [0.25, 0.3) is 0 Å². The van der Waals surface area contributed by atoms with E-state index in [0.717, 1.165) is 57.4 Å². The molecule has 1 aromatic rings. The van der Waals surface area contributed by atoms with Gasteiger partial charge in [-0.1, -0.05) is 31.0 Å². The van der Waals surface area contributed by atoms with Gasteiger partial charge >= 0.3 is 0 Å². The molecule has 1 aliphatic carbocycles. The van der Waals surface area contributed by atoms with Crippen LogP contribution in [0, 0.1) is 5.92 Å². The third kappa shape index (κ3) is 5.49. The van der Waals surface area contributed by atoms with E-state index in [1.54, 1.807) is 0 Å². The quantitative estimate of drug-likeness (QED) is 0.629. The highest BCUT2D eigenvalue weighted by atomic mass is 16.2. The Balaban J connectivity index is 1.29. The number of nitrogens with one attached hydrogen (secondary N) is 1. The summed E-state index contributed by atoms with van der Waals surface area (Å²) >= 11 is 0. The van der Waals surface area contributed by atoms with Crippen LogP contribution in [0.3, 0.4) is 0 Å². The van der Waals surface area contributed by atoms with Gasteiger partial charge in [-0.25, -0.2) is 0 Å². The van der Waals surface area contributed by atoms with Gasteiger partial charge in [-0.2, -0.15) is 0 Å². The summed E-state index contributed by atoms with van der Waals surface area (Å²) < 4.78 is 0. The van der Waals surface area contributed by atoms with Crippen molar-refractivity contribution in [1.82, 2.24) is 20.0 Å². The summed E-state index contributed by atoms with van der Waals surface area (Å²) in [5.74, 6) is 0.825. The molecule has 1 aromatic carbocycles. The summed E-state index contributed by atoms with van der Waals surface area (Å²) in [6, 6.07) is 9.31. The molecule has 2 aliphatic heterocycles. The van der Waals surface area contributed by atoms with Crippen molar-refractivity contribution in [3.63, 3.8) is 0 Å². The number of amides is 3. The Labute approximate surface area is 191 Å². The fraction of sp³-hybridized carbons (Fsp3) is 0.640. The predicted octanol–water partition coefficient (Wildman–Crippen LogP) is 2.13. The fourth-order valence-electron chi connectivity index (χ4n) is 5.44. The maximum absolute atomic E-state index is 13.2. The van der Waals surface area contributed by atoms with E-state index in [1.807, 2.05) is 40.1 Å². The van der Waals surface area contributed by atoms with Gasteiger partial charge in [-0.05, 0) is 43.7 Å². The number of rotatable bonds is 8. The van der Waals surface area contributed by atoms with Crippen molar-refractivity contribution < 1.29 is 14.4 Å². The Hall–Kier alpha value is -2.41. The molecular weight excluding hydrogens is 404 g/mol. The summed E-state index contributed by atoms with van der Waals surface area (Å²) in [5.41, 5.74) is 0.725. The number of carbonyl (C=O) groups is 3. The average molecular weight is 441 g/mol. The van der Waals surface area contributed by atoms with Crippen molar-refractivity contribution in [1.29, 1.82) is 0 Å². The number of hydrogen-bond acceptors (Lipinski definition) is 4. The summed E-state index contributed by atoms with van der Waals surface area (Å²) in [5, 5.41) is 3.16.